The highest BCUT2D eigenvalue weighted by Crippen LogP contribution is 2.23. The number of nitro groups is 1. The summed E-state index contributed by atoms with van der Waals surface area (Å²) < 4.78 is 0. The highest BCUT2D eigenvalue weighted by molar-refractivity contribution is 5.95. The highest BCUT2D eigenvalue weighted by atomic mass is 16.6. The van der Waals surface area contributed by atoms with Crippen LogP contribution in [-0.4, -0.2) is 17.4 Å². The van der Waals surface area contributed by atoms with E-state index in [2.05, 4.69) is 5.32 Å². The van der Waals surface area contributed by atoms with Crippen molar-refractivity contribution in [3.8, 4) is 0 Å². The van der Waals surface area contributed by atoms with Crippen LogP contribution in [0.5, 0.6) is 0 Å². The molecule has 6 heteroatoms. The molecule has 18 heavy (non-hydrogen) atoms. The molecule has 0 aliphatic rings. The second-order valence-electron chi connectivity index (χ2n) is 4.38. The van der Waals surface area contributed by atoms with E-state index in [4.69, 9.17) is 5.73 Å². The molecule has 1 amide bonds. The Morgan fingerprint density at radius 3 is 2.39 bits per heavy atom. The number of hydrogen-bond donors (Lipinski definition) is 2. The largest absolute Gasteiger partial charge is 0.329 e. The van der Waals surface area contributed by atoms with Crippen LogP contribution in [-0.2, 0) is 4.79 Å². The molecule has 0 aromatic heterocycles. The summed E-state index contributed by atoms with van der Waals surface area (Å²) in [6, 6.07) is 5.70. The Labute approximate surface area is 105 Å². The topological polar surface area (TPSA) is 98.3 Å². The summed E-state index contributed by atoms with van der Waals surface area (Å²) in [5, 5.41) is 13.2. The number of amides is 1. The van der Waals surface area contributed by atoms with Gasteiger partial charge in [0.2, 0.25) is 5.91 Å². The van der Waals surface area contributed by atoms with Gasteiger partial charge in [-0.05, 0) is 25.5 Å². The number of carbonyl (C=O) groups excluding carboxylic acids is 1. The predicted octanol–water partition coefficient (Wildman–Crippen LogP) is 1.91. The van der Waals surface area contributed by atoms with Crippen LogP contribution >= 0.6 is 0 Å². The second kappa shape index (κ2) is 5.59. The number of anilines is 1. The fourth-order valence-electron chi connectivity index (χ4n) is 1.35. The number of nitrogens with two attached hydrogens (primary N) is 1. The average molecular weight is 251 g/mol. The van der Waals surface area contributed by atoms with Crippen molar-refractivity contribution in [3.05, 3.63) is 34.4 Å². The smallest absolute Gasteiger partial charge is 0.269 e. The minimum absolute atomic E-state index is 0.00919. The maximum absolute atomic E-state index is 12.0. The summed E-state index contributed by atoms with van der Waals surface area (Å²) in [5.74, 6) is -0.179. The lowest BCUT2D eigenvalue weighted by Crippen LogP contribution is -2.39. The van der Waals surface area contributed by atoms with Crippen molar-refractivity contribution in [2.45, 2.75) is 20.3 Å². The van der Waals surface area contributed by atoms with Gasteiger partial charge in [-0.2, -0.15) is 0 Å². The zero-order chi connectivity index (χ0) is 13.8. The van der Waals surface area contributed by atoms with Crippen molar-refractivity contribution < 1.29 is 9.72 Å². The predicted molar refractivity (Wildman–Crippen MR) is 69.2 cm³/mol. The van der Waals surface area contributed by atoms with E-state index < -0.39 is 10.3 Å². The first-order chi connectivity index (χ1) is 8.42. The molecule has 0 saturated carbocycles. The summed E-state index contributed by atoms with van der Waals surface area (Å²) in [6.45, 7) is 3.93. The van der Waals surface area contributed by atoms with Crippen LogP contribution in [0.3, 0.4) is 0 Å². The van der Waals surface area contributed by atoms with Gasteiger partial charge in [0, 0.05) is 24.4 Å². The summed E-state index contributed by atoms with van der Waals surface area (Å²) in [5.41, 5.74) is 5.48. The SMILES string of the molecule is CCC(C)(CN)C(=O)Nc1ccc([N+](=O)[O-])cc1. The van der Waals surface area contributed by atoms with Crippen molar-refractivity contribution in [2.75, 3.05) is 11.9 Å². The minimum atomic E-state index is -0.623. The van der Waals surface area contributed by atoms with Gasteiger partial charge < -0.3 is 11.1 Å². The number of carbonyl (C=O) groups is 1. The third kappa shape index (κ3) is 3.04. The third-order valence-electron chi connectivity index (χ3n) is 3.12. The van der Waals surface area contributed by atoms with Crippen molar-refractivity contribution in [3.63, 3.8) is 0 Å². The Morgan fingerprint density at radius 1 is 1.44 bits per heavy atom. The van der Waals surface area contributed by atoms with E-state index >= 15 is 0 Å². The van der Waals surface area contributed by atoms with Crippen LogP contribution in [0.15, 0.2) is 24.3 Å². The summed E-state index contributed by atoms with van der Waals surface area (Å²) in [7, 11) is 0. The van der Waals surface area contributed by atoms with Gasteiger partial charge in [-0.3, -0.25) is 14.9 Å². The fraction of sp³-hybridized carbons (Fsp3) is 0.417. The van der Waals surface area contributed by atoms with Gasteiger partial charge in [0.05, 0.1) is 10.3 Å². The molecule has 1 aromatic carbocycles. The summed E-state index contributed by atoms with van der Waals surface area (Å²) in [4.78, 5) is 22.0. The van der Waals surface area contributed by atoms with Crippen molar-refractivity contribution >= 4 is 17.3 Å². The number of nitro benzene ring substituents is 1. The first-order valence-corrected chi connectivity index (χ1v) is 5.69. The standard InChI is InChI=1S/C12H17N3O3/c1-3-12(2,8-13)11(16)14-9-4-6-10(7-5-9)15(17)18/h4-7H,3,8,13H2,1-2H3,(H,14,16). The molecule has 1 aromatic rings. The number of nitrogens with one attached hydrogen (secondary N) is 1. The molecule has 0 heterocycles. The van der Waals surface area contributed by atoms with Crippen LogP contribution in [0.25, 0.3) is 0 Å². The van der Waals surface area contributed by atoms with Gasteiger partial charge >= 0.3 is 0 Å². The van der Waals surface area contributed by atoms with Crippen LogP contribution in [0.1, 0.15) is 20.3 Å². The number of rotatable bonds is 5. The van der Waals surface area contributed by atoms with E-state index in [1.165, 1.54) is 24.3 Å². The first kappa shape index (κ1) is 14.1. The number of benzene rings is 1. The Hall–Kier alpha value is -1.95. The minimum Gasteiger partial charge on any atom is -0.329 e. The molecular formula is C12H17N3O3. The zero-order valence-electron chi connectivity index (χ0n) is 10.5. The fourth-order valence-corrected chi connectivity index (χ4v) is 1.35. The lowest BCUT2D eigenvalue weighted by molar-refractivity contribution is -0.384. The van der Waals surface area contributed by atoms with Crippen molar-refractivity contribution in [1.82, 2.24) is 0 Å². The normalized spacial score (nSPS) is 13.7. The van der Waals surface area contributed by atoms with Crippen LogP contribution in [0, 0.1) is 15.5 Å². The monoisotopic (exact) mass is 251 g/mol. The molecule has 0 bridgehead atoms. The van der Waals surface area contributed by atoms with Gasteiger partial charge in [-0.25, -0.2) is 0 Å². The summed E-state index contributed by atoms with van der Waals surface area (Å²) >= 11 is 0. The summed E-state index contributed by atoms with van der Waals surface area (Å²) in [6.07, 6.45) is 0.627. The van der Waals surface area contributed by atoms with E-state index in [0.717, 1.165) is 0 Å². The number of non-ortho nitro benzene ring substituents is 1. The Kier molecular flexibility index (Phi) is 4.38. The Bertz CT molecular complexity index is 438. The lowest BCUT2D eigenvalue weighted by Gasteiger charge is -2.24. The third-order valence-corrected chi connectivity index (χ3v) is 3.12. The molecule has 1 unspecified atom stereocenters. The Morgan fingerprint density at radius 2 is 2.00 bits per heavy atom. The van der Waals surface area contributed by atoms with Gasteiger partial charge in [0.15, 0.2) is 0 Å². The van der Waals surface area contributed by atoms with Crippen molar-refractivity contribution in [1.29, 1.82) is 0 Å². The molecule has 3 N–H and O–H groups in total. The molecule has 0 aliphatic carbocycles. The zero-order valence-corrected chi connectivity index (χ0v) is 10.5. The van der Waals surface area contributed by atoms with E-state index in [1.807, 2.05) is 6.92 Å². The van der Waals surface area contributed by atoms with Gasteiger partial charge in [0.1, 0.15) is 0 Å². The number of nitrogens with zero attached hydrogens (tertiary/aromatic N) is 1. The quantitative estimate of drug-likeness (QED) is 0.616. The van der Waals surface area contributed by atoms with Crippen LogP contribution in [0.2, 0.25) is 0 Å². The second-order valence-corrected chi connectivity index (χ2v) is 4.38. The molecule has 0 fully saturated rings. The van der Waals surface area contributed by atoms with Crippen LogP contribution in [0.4, 0.5) is 11.4 Å². The highest BCUT2D eigenvalue weighted by Gasteiger charge is 2.29. The van der Waals surface area contributed by atoms with Crippen molar-refractivity contribution in [2.24, 2.45) is 11.1 Å². The molecule has 98 valence electrons. The van der Waals surface area contributed by atoms with E-state index in [0.29, 0.717) is 12.1 Å². The Balaban J connectivity index is 2.79. The number of hydrogen-bond acceptors (Lipinski definition) is 4. The van der Waals surface area contributed by atoms with Gasteiger partial charge in [0.25, 0.3) is 5.69 Å². The molecule has 6 nitrogen and oxygen atoms in total. The van der Waals surface area contributed by atoms with E-state index in [9.17, 15) is 14.9 Å². The molecule has 0 radical (unpaired) electrons. The maximum Gasteiger partial charge on any atom is 0.269 e. The first-order valence-electron chi connectivity index (χ1n) is 5.69. The van der Waals surface area contributed by atoms with Gasteiger partial charge in [-0.1, -0.05) is 6.92 Å². The van der Waals surface area contributed by atoms with E-state index in [-0.39, 0.29) is 18.1 Å². The molecular weight excluding hydrogens is 234 g/mol. The molecule has 1 atom stereocenters. The van der Waals surface area contributed by atoms with Gasteiger partial charge in [-0.15, -0.1) is 0 Å². The molecule has 0 saturated heterocycles. The molecule has 0 aliphatic heterocycles. The molecule has 1 rings (SSSR count). The van der Waals surface area contributed by atoms with Crippen LogP contribution < -0.4 is 11.1 Å². The lowest BCUT2D eigenvalue weighted by atomic mass is 9.86. The van der Waals surface area contributed by atoms with E-state index in [1.54, 1.807) is 6.92 Å². The molecule has 0 spiro atoms. The maximum atomic E-state index is 12.0. The average Bonchev–Trinajstić information content (AvgIpc) is 2.38.